The van der Waals surface area contributed by atoms with Crippen molar-refractivity contribution in [3.63, 3.8) is 0 Å². The first-order chi connectivity index (χ1) is 6.29. The van der Waals surface area contributed by atoms with Gasteiger partial charge in [-0.25, -0.2) is 0 Å². The van der Waals surface area contributed by atoms with Crippen LogP contribution in [0.5, 0.6) is 5.88 Å². The van der Waals surface area contributed by atoms with E-state index in [0.29, 0.717) is 5.56 Å². The molecule has 1 aromatic heterocycles. The minimum atomic E-state index is -4.78. The molecule has 0 fully saturated rings. The third-order valence-corrected chi connectivity index (χ3v) is 2.14. The Morgan fingerprint density at radius 1 is 1.36 bits per heavy atom. The second-order valence-electron chi connectivity index (χ2n) is 2.43. The van der Waals surface area contributed by atoms with Gasteiger partial charge in [0.05, 0.1) is 5.02 Å². The number of pyridine rings is 1. The molecule has 7 heteroatoms. The van der Waals surface area contributed by atoms with Gasteiger partial charge in [-0.2, -0.15) is 4.98 Å². The van der Waals surface area contributed by atoms with Crippen LogP contribution in [0.3, 0.4) is 0 Å². The fourth-order valence-electron chi connectivity index (χ4n) is 0.760. The third kappa shape index (κ3) is 2.92. The van der Waals surface area contributed by atoms with Gasteiger partial charge in [0.15, 0.2) is 5.15 Å². The zero-order valence-corrected chi connectivity index (χ0v) is 8.33. The van der Waals surface area contributed by atoms with Crippen molar-refractivity contribution in [3.8, 4) is 5.88 Å². The van der Waals surface area contributed by atoms with Gasteiger partial charge in [0.25, 0.3) is 0 Å². The lowest BCUT2D eigenvalue weighted by Gasteiger charge is -2.09. The lowest BCUT2D eigenvalue weighted by molar-refractivity contribution is -0.276. The minimum absolute atomic E-state index is 0.112. The zero-order chi connectivity index (χ0) is 10.9. The SMILES string of the molecule is Cc1cc(OC(F)(F)F)nc(Cl)c1Cl. The van der Waals surface area contributed by atoms with Crippen molar-refractivity contribution < 1.29 is 17.9 Å². The molecule has 0 N–H and O–H groups in total. The zero-order valence-electron chi connectivity index (χ0n) is 6.82. The summed E-state index contributed by atoms with van der Waals surface area (Å²) in [5.74, 6) is -0.621. The van der Waals surface area contributed by atoms with Crippen LogP contribution >= 0.6 is 23.2 Å². The van der Waals surface area contributed by atoms with Crippen LogP contribution in [0, 0.1) is 6.92 Å². The van der Waals surface area contributed by atoms with Crippen LogP contribution in [0.2, 0.25) is 10.2 Å². The lowest BCUT2D eigenvalue weighted by Crippen LogP contribution is -2.18. The smallest absolute Gasteiger partial charge is 0.388 e. The van der Waals surface area contributed by atoms with Crippen molar-refractivity contribution in [3.05, 3.63) is 21.8 Å². The first kappa shape index (κ1) is 11.4. The van der Waals surface area contributed by atoms with Crippen molar-refractivity contribution in [2.24, 2.45) is 0 Å². The Labute approximate surface area is 87.6 Å². The number of aromatic nitrogens is 1. The first-order valence-corrected chi connectivity index (χ1v) is 4.13. The summed E-state index contributed by atoms with van der Waals surface area (Å²) in [5.41, 5.74) is 0.367. The highest BCUT2D eigenvalue weighted by atomic mass is 35.5. The van der Waals surface area contributed by atoms with Gasteiger partial charge >= 0.3 is 6.36 Å². The summed E-state index contributed by atoms with van der Waals surface area (Å²) in [6.07, 6.45) is -4.78. The number of nitrogens with zero attached hydrogens (tertiary/aromatic N) is 1. The standard InChI is InChI=1S/C7H4Cl2F3NO/c1-3-2-4(14-7(10,11)12)13-6(9)5(3)8/h2H,1H3. The Hall–Kier alpha value is -0.680. The molecule has 0 saturated heterocycles. The molecule has 0 aliphatic rings. The normalized spacial score (nSPS) is 11.6. The lowest BCUT2D eigenvalue weighted by atomic mass is 10.3. The quantitative estimate of drug-likeness (QED) is 0.706. The number of aryl methyl sites for hydroxylation is 1. The molecule has 0 bridgehead atoms. The number of hydrogen-bond donors (Lipinski definition) is 0. The van der Waals surface area contributed by atoms with Gasteiger partial charge in [0.1, 0.15) is 0 Å². The summed E-state index contributed by atoms with van der Waals surface area (Å²) in [5, 5.41) is -0.105. The van der Waals surface area contributed by atoms with Gasteiger partial charge in [0, 0.05) is 6.07 Å². The number of hydrogen-bond acceptors (Lipinski definition) is 2. The maximum Gasteiger partial charge on any atom is 0.574 e. The number of rotatable bonds is 1. The van der Waals surface area contributed by atoms with E-state index in [4.69, 9.17) is 23.2 Å². The Balaban J connectivity index is 3.02. The highest BCUT2D eigenvalue weighted by molar-refractivity contribution is 6.41. The van der Waals surface area contributed by atoms with Crippen LogP contribution in [0.15, 0.2) is 6.07 Å². The maximum absolute atomic E-state index is 11.8. The topological polar surface area (TPSA) is 22.1 Å². The molecule has 1 rings (SSSR count). The number of alkyl halides is 3. The van der Waals surface area contributed by atoms with Crippen molar-refractivity contribution >= 4 is 23.2 Å². The summed E-state index contributed by atoms with van der Waals surface area (Å²) < 4.78 is 38.9. The molecule has 0 amide bonds. The average Bonchev–Trinajstić information content (AvgIpc) is 1.96. The molecule has 0 radical (unpaired) electrons. The summed E-state index contributed by atoms with van der Waals surface area (Å²) in [4.78, 5) is 3.31. The molecular formula is C7H4Cl2F3NO. The fraction of sp³-hybridized carbons (Fsp3) is 0.286. The Kier molecular flexibility index (Phi) is 3.11. The van der Waals surface area contributed by atoms with Crippen LogP contribution in [-0.2, 0) is 0 Å². The summed E-state index contributed by atoms with van der Waals surface area (Å²) in [6, 6.07) is 1.06. The van der Waals surface area contributed by atoms with E-state index in [2.05, 4.69) is 9.72 Å². The van der Waals surface area contributed by atoms with E-state index < -0.39 is 12.2 Å². The molecule has 0 spiro atoms. The van der Waals surface area contributed by atoms with Gasteiger partial charge in [0.2, 0.25) is 5.88 Å². The van der Waals surface area contributed by atoms with Crippen LogP contribution in [-0.4, -0.2) is 11.3 Å². The summed E-state index contributed by atoms with van der Waals surface area (Å²) in [6.45, 7) is 1.50. The second-order valence-corrected chi connectivity index (χ2v) is 3.17. The highest BCUT2D eigenvalue weighted by Crippen LogP contribution is 2.29. The summed E-state index contributed by atoms with van der Waals surface area (Å²) in [7, 11) is 0. The van der Waals surface area contributed by atoms with Gasteiger partial charge < -0.3 is 4.74 Å². The molecule has 0 aliphatic heterocycles. The Morgan fingerprint density at radius 2 is 1.93 bits per heavy atom. The maximum atomic E-state index is 11.8. The van der Waals surface area contributed by atoms with Gasteiger partial charge in [-0.1, -0.05) is 23.2 Å². The number of halogens is 5. The van der Waals surface area contributed by atoms with E-state index >= 15 is 0 Å². The van der Waals surface area contributed by atoms with E-state index in [1.807, 2.05) is 0 Å². The largest absolute Gasteiger partial charge is 0.574 e. The van der Waals surface area contributed by atoms with Crippen LogP contribution < -0.4 is 4.74 Å². The predicted octanol–water partition coefficient (Wildman–Crippen LogP) is 3.60. The predicted molar refractivity (Wildman–Crippen MR) is 45.7 cm³/mol. The molecule has 0 saturated carbocycles. The van der Waals surface area contributed by atoms with Crippen molar-refractivity contribution in [1.82, 2.24) is 4.98 Å². The Bertz CT molecular complexity index is 330. The minimum Gasteiger partial charge on any atom is -0.388 e. The van der Waals surface area contributed by atoms with Crippen molar-refractivity contribution in [2.75, 3.05) is 0 Å². The highest BCUT2D eigenvalue weighted by Gasteiger charge is 2.32. The molecule has 0 atom stereocenters. The molecule has 1 aromatic rings. The van der Waals surface area contributed by atoms with Gasteiger partial charge in [-0.05, 0) is 12.5 Å². The van der Waals surface area contributed by atoms with Crippen LogP contribution in [0.25, 0.3) is 0 Å². The molecular weight excluding hydrogens is 242 g/mol. The molecule has 14 heavy (non-hydrogen) atoms. The first-order valence-electron chi connectivity index (χ1n) is 3.38. The monoisotopic (exact) mass is 245 g/mol. The molecule has 2 nitrogen and oxygen atoms in total. The van der Waals surface area contributed by atoms with E-state index in [-0.39, 0.29) is 10.2 Å². The molecule has 0 aliphatic carbocycles. The van der Waals surface area contributed by atoms with E-state index in [0.717, 1.165) is 6.07 Å². The summed E-state index contributed by atoms with van der Waals surface area (Å²) >= 11 is 11.0. The number of ether oxygens (including phenoxy) is 1. The fourth-order valence-corrected chi connectivity index (χ4v) is 1.09. The van der Waals surface area contributed by atoms with Gasteiger partial charge in [-0.3, -0.25) is 0 Å². The van der Waals surface area contributed by atoms with E-state index in [1.54, 1.807) is 0 Å². The molecule has 1 heterocycles. The van der Waals surface area contributed by atoms with Crippen molar-refractivity contribution in [1.29, 1.82) is 0 Å². The third-order valence-electron chi connectivity index (χ3n) is 1.30. The van der Waals surface area contributed by atoms with Gasteiger partial charge in [-0.15, -0.1) is 13.2 Å². The molecule has 78 valence electrons. The van der Waals surface area contributed by atoms with E-state index in [1.165, 1.54) is 6.92 Å². The van der Waals surface area contributed by atoms with Crippen molar-refractivity contribution in [2.45, 2.75) is 13.3 Å². The second kappa shape index (κ2) is 3.82. The molecule has 0 aromatic carbocycles. The van der Waals surface area contributed by atoms with Crippen LogP contribution in [0.1, 0.15) is 5.56 Å². The Morgan fingerprint density at radius 3 is 2.36 bits per heavy atom. The van der Waals surface area contributed by atoms with E-state index in [9.17, 15) is 13.2 Å². The van der Waals surface area contributed by atoms with Crippen LogP contribution in [0.4, 0.5) is 13.2 Å². The molecule has 0 unspecified atom stereocenters. The average molecular weight is 246 g/mol.